The van der Waals surface area contributed by atoms with Crippen molar-refractivity contribution in [2.45, 2.75) is 0 Å². The fraction of sp³-hybridized carbons (Fsp3) is 0. The van der Waals surface area contributed by atoms with Crippen LogP contribution < -0.4 is 4.90 Å². The molecule has 250 valence electrons. The predicted molar refractivity (Wildman–Crippen MR) is 202 cm³/mol. The van der Waals surface area contributed by atoms with Gasteiger partial charge in [-0.3, -0.25) is 0 Å². The van der Waals surface area contributed by atoms with E-state index in [1.54, 1.807) is 0 Å². The van der Waals surface area contributed by atoms with Crippen molar-refractivity contribution in [1.82, 2.24) is 35.5 Å². The molecule has 0 unspecified atom stereocenters. The van der Waals surface area contributed by atoms with Gasteiger partial charge < -0.3 is 9.47 Å². The van der Waals surface area contributed by atoms with Gasteiger partial charge in [-0.15, -0.1) is 0 Å². The monoisotopic (exact) mass is 688 g/mol. The van der Waals surface area contributed by atoms with Crippen LogP contribution in [0.1, 0.15) is 0 Å². The Hall–Kier alpha value is -7.66. The topological polar surface area (TPSA) is 125 Å². The Morgan fingerprint density at radius 2 is 0.887 bits per heavy atom. The minimum atomic E-state index is 0.541. The van der Waals surface area contributed by atoms with E-state index in [2.05, 4.69) is 108 Å². The lowest BCUT2D eigenvalue weighted by Gasteiger charge is -2.25. The molecule has 11 nitrogen and oxygen atoms in total. The van der Waals surface area contributed by atoms with Crippen LogP contribution in [0.4, 0.5) is 17.1 Å². The summed E-state index contributed by atoms with van der Waals surface area (Å²) in [6, 6.07) is 49.2. The highest BCUT2D eigenvalue weighted by Gasteiger charge is 2.27. The van der Waals surface area contributed by atoms with Gasteiger partial charge in [-0.25, -0.2) is 13.9 Å². The number of aromatic nitrogens is 7. The van der Waals surface area contributed by atoms with Crippen molar-refractivity contribution in [1.29, 1.82) is 0 Å². The molecule has 11 rings (SSSR count). The molecular formula is C42H24N8O3. The van der Waals surface area contributed by atoms with Crippen LogP contribution in [0.5, 0.6) is 0 Å². The van der Waals surface area contributed by atoms with Crippen LogP contribution in [0, 0.1) is 0 Å². The first kappa shape index (κ1) is 29.1. The lowest BCUT2D eigenvalue weighted by Crippen LogP contribution is -2.12. The summed E-state index contributed by atoms with van der Waals surface area (Å²) in [6.45, 7) is 0. The fourth-order valence-electron chi connectivity index (χ4n) is 7.50. The lowest BCUT2D eigenvalue weighted by molar-refractivity contribution is 0.315. The van der Waals surface area contributed by atoms with E-state index in [1.165, 1.54) is 10.8 Å². The molecular weight excluding hydrogens is 665 g/mol. The van der Waals surface area contributed by atoms with Crippen LogP contribution in [-0.2, 0) is 0 Å². The zero-order valence-corrected chi connectivity index (χ0v) is 27.7. The lowest BCUT2D eigenvalue weighted by atomic mass is 10.0. The van der Waals surface area contributed by atoms with Gasteiger partial charge in [-0.1, -0.05) is 84.9 Å². The maximum absolute atomic E-state index is 5.47. The van der Waals surface area contributed by atoms with Gasteiger partial charge >= 0.3 is 0 Å². The van der Waals surface area contributed by atoms with E-state index >= 15 is 0 Å². The van der Waals surface area contributed by atoms with Crippen molar-refractivity contribution < 1.29 is 13.9 Å². The second-order valence-corrected chi connectivity index (χ2v) is 12.7. The molecule has 4 aromatic heterocycles. The molecule has 0 amide bonds. The zero-order chi connectivity index (χ0) is 34.9. The standard InChI is InChI=1S/C42H24N8O3/c1-2-9-25(10-3-1)28-21-23-36(41-38(28)44-52-47-41)50(35-16-8-13-32-40(35)46-51-43-32)37-24-22-29(39-42(37)48-53-45-39)26-17-19-27(20-18-26)49-33-14-6-4-11-30(33)31-12-5-7-15-34(31)49/h1-24H. The Balaban J connectivity index is 1.07. The number of fused-ring (bicyclic) bond motifs is 6. The Morgan fingerprint density at radius 3 is 1.53 bits per heavy atom. The summed E-state index contributed by atoms with van der Waals surface area (Å²) in [4.78, 5) is 2.00. The molecule has 0 radical (unpaired) electrons. The molecule has 0 bridgehead atoms. The third-order valence-corrected chi connectivity index (χ3v) is 9.88. The van der Waals surface area contributed by atoms with Gasteiger partial charge in [-0.2, -0.15) is 0 Å². The number of benzene rings is 7. The van der Waals surface area contributed by atoms with E-state index < -0.39 is 0 Å². The molecule has 0 spiro atoms. The van der Waals surface area contributed by atoms with Crippen molar-refractivity contribution >= 4 is 72.0 Å². The molecule has 11 heteroatoms. The second kappa shape index (κ2) is 11.4. The fourth-order valence-corrected chi connectivity index (χ4v) is 7.50. The van der Waals surface area contributed by atoms with Crippen molar-refractivity contribution in [3.05, 3.63) is 146 Å². The van der Waals surface area contributed by atoms with Gasteiger partial charge in [0, 0.05) is 27.6 Å². The molecule has 0 fully saturated rings. The van der Waals surface area contributed by atoms with Crippen LogP contribution in [-0.4, -0.2) is 35.5 Å². The van der Waals surface area contributed by atoms with E-state index in [0.717, 1.165) is 39.0 Å². The molecule has 0 saturated carbocycles. The number of para-hydroxylation sites is 2. The minimum Gasteiger partial charge on any atom is -0.309 e. The van der Waals surface area contributed by atoms with Gasteiger partial charge in [0.25, 0.3) is 0 Å². The molecule has 53 heavy (non-hydrogen) atoms. The van der Waals surface area contributed by atoms with E-state index in [0.29, 0.717) is 50.2 Å². The van der Waals surface area contributed by atoms with E-state index in [9.17, 15) is 0 Å². The van der Waals surface area contributed by atoms with E-state index in [-0.39, 0.29) is 0 Å². The SMILES string of the molecule is c1ccc(-c2ccc(N(c3cccc4nonc34)c3ccc(-c4ccc(-n5c6ccccc6c6ccccc65)cc4)c4nonc34)c3nonc23)cc1. The molecule has 0 atom stereocenters. The van der Waals surface area contributed by atoms with Gasteiger partial charge in [-0.05, 0) is 103 Å². The first-order valence-corrected chi connectivity index (χ1v) is 17.0. The third-order valence-electron chi connectivity index (χ3n) is 9.88. The zero-order valence-electron chi connectivity index (χ0n) is 27.7. The van der Waals surface area contributed by atoms with Crippen LogP contribution in [0.3, 0.4) is 0 Å². The smallest absolute Gasteiger partial charge is 0.159 e. The van der Waals surface area contributed by atoms with E-state index in [4.69, 9.17) is 13.9 Å². The number of nitrogens with zero attached hydrogens (tertiary/aromatic N) is 8. The first-order valence-electron chi connectivity index (χ1n) is 17.0. The van der Waals surface area contributed by atoms with Gasteiger partial charge in [0.05, 0.1) is 28.1 Å². The molecule has 0 N–H and O–H groups in total. The molecule has 11 aromatic rings. The average Bonchev–Trinajstić information content (AvgIpc) is 4.05. The maximum atomic E-state index is 5.47. The number of hydrogen-bond donors (Lipinski definition) is 0. The summed E-state index contributed by atoms with van der Waals surface area (Å²) < 4.78 is 18.3. The van der Waals surface area contributed by atoms with Crippen LogP contribution in [0.15, 0.2) is 159 Å². The van der Waals surface area contributed by atoms with Gasteiger partial charge in [0.2, 0.25) is 0 Å². The summed E-state index contributed by atoms with van der Waals surface area (Å²) in [5, 5.41) is 28.4. The molecule has 4 heterocycles. The highest BCUT2D eigenvalue weighted by molar-refractivity contribution is 6.10. The van der Waals surface area contributed by atoms with Crippen LogP contribution in [0.2, 0.25) is 0 Å². The molecule has 0 aliphatic heterocycles. The quantitative estimate of drug-likeness (QED) is 0.167. The Kier molecular flexibility index (Phi) is 6.28. The molecule has 0 aliphatic rings. The molecule has 7 aromatic carbocycles. The van der Waals surface area contributed by atoms with Crippen molar-refractivity contribution in [2.75, 3.05) is 4.90 Å². The first-order chi connectivity index (χ1) is 26.3. The normalized spacial score (nSPS) is 11.8. The molecule has 0 aliphatic carbocycles. The van der Waals surface area contributed by atoms with Crippen LogP contribution in [0.25, 0.3) is 82.8 Å². The summed E-state index contributed by atoms with van der Waals surface area (Å²) in [5.74, 6) is 0. The highest BCUT2D eigenvalue weighted by atomic mass is 16.6. The predicted octanol–water partition coefficient (Wildman–Crippen LogP) is 10.2. The largest absolute Gasteiger partial charge is 0.309 e. The minimum absolute atomic E-state index is 0.541. The van der Waals surface area contributed by atoms with Gasteiger partial charge in [0.15, 0.2) is 16.6 Å². The Bertz CT molecular complexity index is 3090. The number of rotatable bonds is 6. The highest BCUT2D eigenvalue weighted by Crippen LogP contribution is 2.46. The Labute approximate surface area is 299 Å². The van der Waals surface area contributed by atoms with Gasteiger partial charge in [0.1, 0.15) is 16.6 Å². The van der Waals surface area contributed by atoms with Crippen molar-refractivity contribution in [3.8, 4) is 27.9 Å². The summed E-state index contributed by atoms with van der Waals surface area (Å²) in [6.07, 6.45) is 0. The second-order valence-electron chi connectivity index (χ2n) is 12.7. The summed E-state index contributed by atoms with van der Waals surface area (Å²) in [5.41, 5.74) is 12.6. The van der Waals surface area contributed by atoms with Crippen molar-refractivity contribution in [2.24, 2.45) is 0 Å². The Morgan fingerprint density at radius 1 is 0.377 bits per heavy atom. The van der Waals surface area contributed by atoms with E-state index in [1.807, 2.05) is 77.7 Å². The average molecular weight is 689 g/mol. The summed E-state index contributed by atoms with van der Waals surface area (Å²) >= 11 is 0. The summed E-state index contributed by atoms with van der Waals surface area (Å²) in [7, 11) is 0. The van der Waals surface area contributed by atoms with Crippen LogP contribution >= 0.6 is 0 Å². The number of hydrogen-bond acceptors (Lipinski definition) is 10. The van der Waals surface area contributed by atoms with Crippen molar-refractivity contribution in [3.63, 3.8) is 0 Å². The number of anilines is 3. The molecule has 0 saturated heterocycles. The third kappa shape index (κ3) is 4.40. The maximum Gasteiger partial charge on any atom is 0.159 e.